The maximum absolute atomic E-state index is 12.1. The van der Waals surface area contributed by atoms with Crippen molar-refractivity contribution in [3.63, 3.8) is 0 Å². The molecule has 0 unspecified atom stereocenters. The molecule has 5 nitrogen and oxygen atoms in total. The third-order valence-corrected chi connectivity index (χ3v) is 7.09. The van der Waals surface area contributed by atoms with Crippen molar-refractivity contribution in [1.82, 2.24) is 0 Å². The first-order chi connectivity index (χ1) is 8.56. The molecule has 19 heavy (non-hydrogen) atoms. The molecular formula is C12H19NO4S2. The molecule has 0 aliphatic rings. The molecule has 0 heterocycles. The second kappa shape index (κ2) is 5.50. The largest absolute Gasteiger partial charge is 0.398 e. The highest BCUT2D eigenvalue weighted by atomic mass is 32.2. The molecule has 0 fully saturated rings. The Kier molecular flexibility index (Phi) is 4.63. The molecule has 0 aliphatic heterocycles. The number of hydrogen-bond acceptors (Lipinski definition) is 5. The summed E-state index contributed by atoms with van der Waals surface area (Å²) in [6.45, 7) is 4.81. The Morgan fingerprint density at radius 2 is 1.68 bits per heavy atom. The smallest absolute Gasteiger partial charge is 0.181 e. The summed E-state index contributed by atoms with van der Waals surface area (Å²) >= 11 is 0. The highest BCUT2D eigenvalue weighted by Gasteiger charge is 2.23. The topological polar surface area (TPSA) is 94.3 Å². The molecule has 1 rings (SSSR count). The normalized spacial score (nSPS) is 12.8. The minimum Gasteiger partial charge on any atom is -0.398 e. The summed E-state index contributed by atoms with van der Waals surface area (Å²) in [6.07, 6.45) is 0. The molecule has 0 bridgehead atoms. The van der Waals surface area contributed by atoms with Crippen LogP contribution >= 0.6 is 0 Å². The zero-order valence-corrected chi connectivity index (χ0v) is 12.9. The number of benzene rings is 1. The van der Waals surface area contributed by atoms with Crippen molar-refractivity contribution in [2.75, 3.05) is 17.2 Å². The molecule has 0 aromatic heterocycles. The van der Waals surface area contributed by atoms with Crippen molar-refractivity contribution in [2.24, 2.45) is 0 Å². The van der Waals surface area contributed by atoms with E-state index in [2.05, 4.69) is 0 Å². The summed E-state index contributed by atoms with van der Waals surface area (Å²) in [5.74, 6) is -0.832. The van der Waals surface area contributed by atoms with Gasteiger partial charge in [0.15, 0.2) is 19.7 Å². The number of nitrogen functional groups attached to an aromatic ring is 1. The van der Waals surface area contributed by atoms with E-state index in [4.69, 9.17) is 5.73 Å². The Morgan fingerprint density at radius 3 is 2.21 bits per heavy atom. The van der Waals surface area contributed by atoms with Gasteiger partial charge in [-0.05, 0) is 38.5 Å². The van der Waals surface area contributed by atoms with Gasteiger partial charge in [-0.3, -0.25) is 0 Å². The molecule has 0 radical (unpaired) electrons. The van der Waals surface area contributed by atoms with Gasteiger partial charge in [0.05, 0.1) is 27.3 Å². The Hall–Kier alpha value is -1.08. The van der Waals surface area contributed by atoms with Crippen molar-refractivity contribution >= 4 is 25.4 Å². The van der Waals surface area contributed by atoms with Crippen LogP contribution in [0.2, 0.25) is 0 Å². The maximum atomic E-state index is 12.1. The zero-order chi connectivity index (χ0) is 14.8. The fourth-order valence-electron chi connectivity index (χ4n) is 1.48. The number of aryl methyl sites for hydroxylation is 1. The van der Waals surface area contributed by atoms with E-state index in [0.29, 0.717) is 0 Å². The van der Waals surface area contributed by atoms with Crippen LogP contribution in [-0.4, -0.2) is 33.6 Å². The van der Waals surface area contributed by atoms with Crippen LogP contribution in [0.4, 0.5) is 5.69 Å². The van der Waals surface area contributed by atoms with E-state index < -0.39 is 30.7 Å². The molecule has 0 spiro atoms. The number of rotatable bonds is 5. The lowest BCUT2D eigenvalue weighted by atomic mass is 10.2. The van der Waals surface area contributed by atoms with Crippen molar-refractivity contribution in [3.8, 4) is 0 Å². The first-order valence-corrected chi connectivity index (χ1v) is 9.23. The van der Waals surface area contributed by atoms with Crippen molar-refractivity contribution in [2.45, 2.75) is 30.9 Å². The number of nitrogens with two attached hydrogens (primary N) is 1. The predicted molar refractivity (Wildman–Crippen MR) is 76.6 cm³/mol. The summed E-state index contributed by atoms with van der Waals surface area (Å²) in [5.41, 5.74) is 6.56. The molecule has 0 amide bonds. The van der Waals surface area contributed by atoms with Crippen LogP contribution in [-0.2, 0) is 19.7 Å². The standard InChI is InChI=1S/C12H19NO4S2/c1-9(2)18(14,15)6-7-19(16,17)12-8-10(3)4-5-11(12)13/h4-5,8-9H,6-7,13H2,1-3H3. The fourth-order valence-corrected chi connectivity index (χ4v) is 4.77. The van der Waals surface area contributed by atoms with Gasteiger partial charge >= 0.3 is 0 Å². The average Bonchev–Trinajstić information content (AvgIpc) is 2.30. The number of hydrogen-bond donors (Lipinski definition) is 1. The first kappa shape index (κ1) is 16.0. The van der Waals surface area contributed by atoms with Gasteiger partial charge in [-0.2, -0.15) is 0 Å². The van der Waals surface area contributed by atoms with Gasteiger partial charge in [-0.25, -0.2) is 16.8 Å². The third-order valence-electron chi connectivity index (χ3n) is 2.86. The minimum atomic E-state index is -3.68. The molecule has 7 heteroatoms. The van der Waals surface area contributed by atoms with E-state index in [1.807, 2.05) is 0 Å². The zero-order valence-electron chi connectivity index (χ0n) is 11.3. The molecule has 0 saturated heterocycles. The van der Waals surface area contributed by atoms with E-state index >= 15 is 0 Å². The highest BCUT2D eigenvalue weighted by Crippen LogP contribution is 2.21. The number of sulfone groups is 2. The average molecular weight is 305 g/mol. The van der Waals surface area contributed by atoms with E-state index in [1.165, 1.54) is 26.0 Å². The molecular weight excluding hydrogens is 286 g/mol. The van der Waals surface area contributed by atoms with E-state index in [0.717, 1.165) is 5.56 Å². The molecule has 0 saturated carbocycles. The maximum Gasteiger partial charge on any atom is 0.181 e. The monoisotopic (exact) mass is 305 g/mol. The van der Waals surface area contributed by atoms with Crippen molar-refractivity contribution < 1.29 is 16.8 Å². The van der Waals surface area contributed by atoms with Crippen LogP contribution < -0.4 is 5.73 Å². The van der Waals surface area contributed by atoms with E-state index in [-0.39, 0.29) is 16.3 Å². The van der Waals surface area contributed by atoms with Gasteiger partial charge in [0.25, 0.3) is 0 Å². The number of anilines is 1. The van der Waals surface area contributed by atoms with Crippen LogP contribution in [0.3, 0.4) is 0 Å². The van der Waals surface area contributed by atoms with Gasteiger partial charge in [0.1, 0.15) is 0 Å². The van der Waals surface area contributed by atoms with Crippen LogP contribution in [0.5, 0.6) is 0 Å². The van der Waals surface area contributed by atoms with Crippen LogP contribution in [0, 0.1) is 6.92 Å². The summed E-state index contributed by atoms with van der Waals surface area (Å²) in [5, 5.41) is -0.586. The Morgan fingerprint density at radius 1 is 1.11 bits per heavy atom. The minimum absolute atomic E-state index is 0.00598. The third kappa shape index (κ3) is 3.94. The van der Waals surface area contributed by atoms with E-state index in [9.17, 15) is 16.8 Å². The Labute approximate surface area is 114 Å². The van der Waals surface area contributed by atoms with Gasteiger partial charge < -0.3 is 5.73 Å². The van der Waals surface area contributed by atoms with Gasteiger partial charge in [0.2, 0.25) is 0 Å². The summed E-state index contributed by atoms with van der Waals surface area (Å²) in [6, 6.07) is 4.69. The second-order valence-electron chi connectivity index (χ2n) is 4.78. The summed E-state index contributed by atoms with van der Waals surface area (Å²) in [7, 11) is -7.07. The van der Waals surface area contributed by atoms with Crippen molar-refractivity contribution in [1.29, 1.82) is 0 Å². The van der Waals surface area contributed by atoms with Gasteiger partial charge in [0, 0.05) is 0 Å². The molecule has 0 atom stereocenters. The Bertz CT molecular complexity index is 661. The molecule has 2 N–H and O–H groups in total. The Balaban J connectivity index is 3.04. The van der Waals surface area contributed by atoms with Crippen LogP contribution in [0.15, 0.2) is 23.1 Å². The fraction of sp³-hybridized carbons (Fsp3) is 0.500. The first-order valence-electron chi connectivity index (χ1n) is 5.87. The highest BCUT2D eigenvalue weighted by molar-refractivity contribution is 7.95. The molecule has 1 aromatic rings. The molecule has 0 aliphatic carbocycles. The van der Waals surface area contributed by atoms with Gasteiger partial charge in [-0.15, -0.1) is 0 Å². The summed E-state index contributed by atoms with van der Waals surface area (Å²) < 4.78 is 47.6. The lowest BCUT2D eigenvalue weighted by Gasteiger charge is -2.10. The second-order valence-corrected chi connectivity index (χ2v) is 9.53. The quantitative estimate of drug-likeness (QED) is 0.824. The summed E-state index contributed by atoms with van der Waals surface area (Å²) in [4.78, 5) is 0.00598. The lowest BCUT2D eigenvalue weighted by Crippen LogP contribution is -2.24. The van der Waals surface area contributed by atoms with Crippen LogP contribution in [0.25, 0.3) is 0 Å². The van der Waals surface area contributed by atoms with Gasteiger partial charge in [-0.1, -0.05) is 6.07 Å². The molecule has 1 aromatic carbocycles. The predicted octanol–water partition coefficient (Wildman–Crippen LogP) is 1.17. The lowest BCUT2D eigenvalue weighted by molar-refractivity contribution is 0.582. The van der Waals surface area contributed by atoms with E-state index in [1.54, 1.807) is 13.0 Å². The van der Waals surface area contributed by atoms with Crippen LogP contribution in [0.1, 0.15) is 19.4 Å². The molecule has 108 valence electrons. The SMILES string of the molecule is Cc1ccc(N)c(S(=O)(=O)CCS(=O)(=O)C(C)C)c1. The van der Waals surface area contributed by atoms with Crippen molar-refractivity contribution in [3.05, 3.63) is 23.8 Å².